The maximum atomic E-state index is 15.1. The molecule has 0 radical (unpaired) electrons. The summed E-state index contributed by atoms with van der Waals surface area (Å²) in [6.45, 7) is 12.2. The minimum absolute atomic E-state index is 0.0573. The summed E-state index contributed by atoms with van der Waals surface area (Å²) in [5.74, 6) is -3.66. The number of hydrogen-bond donors (Lipinski definition) is 2. The van der Waals surface area contributed by atoms with Gasteiger partial charge in [0, 0.05) is 23.0 Å². The first-order valence-electron chi connectivity index (χ1n) is 16.6. The number of cyclic esters (lactones) is 1. The minimum Gasteiger partial charge on any atom is -0.455 e. The van der Waals surface area contributed by atoms with E-state index in [1.165, 1.54) is 4.90 Å². The highest BCUT2D eigenvalue weighted by molar-refractivity contribution is 9.11. The average molecular weight is 715 g/mol. The molecule has 2 saturated heterocycles. The van der Waals surface area contributed by atoms with Crippen molar-refractivity contribution in [1.82, 2.24) is 15.1 Å². The predicted molar refractivity (Wildman–Crippen MR) is 180 cm³/mol. The first-order chi connectivity index (χ1) is 22.1. The largest absolute Gasteiger partial charge is 0.455 e. The number of fused-ring (bicyclic) bond motifs is 2. The normalized spacial score (nSPS) is 31.7. The van der Waals surface area contributed by atoms with Gasteiger partial charge in [0.1, 0.15) is 29.8 Å². The molecule has 256 valence electrons. The lowest BCUT2D eigenvalue weighted by Gasteiger charge is -2.46. The standard InChI is InChI=1S/C36H48BrN3O7/c1-7-23(20-41)40-30-32(44)39(35(5,6)21-34(2,3)4)17-13-9-12-16-26(42)38-19-25(22-14-10-8-11-15-22)46-33(45)27-28(31(40)43)36(30)18-24(37)29(27)47-36/h8-11,13-15,18,23,25,27-30,41H,7,12,16-17,19-21H2,1-6H3,(H,38,42)/b13-9-/t23-,25+,27+,28-,29+,30+,36-/m0/s1. The Morgan fingerprint density at radius 2 is 1.77 bits per heavy atom. The lowest BCUT2D eigenvalue weighted by Crippen LogP contribution is -2.62. The first-order valence-corrected chi connectivity index (χ1v) is 17.4. The summed E-state index contributed by atoms with van der Waals surface area (Å²) in [4.78, 5) is 60.1. The lowest BCUT2D eigenvalue weighted by atomic mass is 9.74. The maximum Gasteiger partial charge on any atom is 0.313 e. The summed E-state index contributed by atoms with van der Waals surface area (Å²) in [5.41, 5.74) is -1.53. The van der Waals surface area contributed by atoms with Gasteiger partial charge in [-0.2, -0.15) is 0 Å². The number of likely N-dealkylation sites (tertiary alicyclic amines) is 1. The van der Waals surface area contributed by atoms with Crippen molar-refractivity contribution >= 4 is 39.6 Å². The van der Waals surface area contributed by atoms with Crippen LogP contribution in [-0.4, -0.2) is 87.6 Å². The van der Waals surface area contributed by atoms with E-state index in [0.717, 1.165) is 0 Å². The first kappa shape index (κ1) is 35.3. The molecule has 0 saturated carbocycles. The zero-order valence-corrected chi connectivity index (χ0v) is 29.8. The van der Waals surface area contributed by atoms with E-state index in [2.05, 4.69) is 42.0 Å². The Balaban J connectivity index is 1.65. The SMILES string of the molecule is CC[C@@H](CO)N1C(=O)[C@@H]2[C@H]3C(=O)O[C@@H](c4ccccc4)CNC(=O)CC/C=C\CN(C(C)(C)CC(C)(C)C)C(=O)[C@@H]1[C@]21C=C(Br)[C@H]3O1. The molecule has 0 unspecified atom stereocenters. The van der Waals surface area contributed by atoms with Crippen molar-refractivity contribution in [3.63, 3.8) is 0 Å². The third kappa shape index (κ3) is 6.68. The second kappa shape index (κ2) is 13.5. The number of nitrogens with zero attached hydrogens (tertiary/aromatic N) is 2. The Bertz CT molecular complexity index is 1430. The lowest BCUT2D eigenvalue weighted by molar-refractivity contribution is -0.161. The van der Waals surface area contributed by atoms with Crippen LogP contribution in [0.5, 0.6) is 0 Å². The van der Waals surface area contributed by atoms with Gasteiger partial charge in [-0.05, 0) is 50.2 Å². The molecule has 0 aliphatic carbocycles. The van der Waals surface area contributed by atoms with Crippen molar-refractivity contribution in [2.24, 2.45) is 17.3 Å². The van der Waals surface area contributed by atoms with E-state index in [0.29, 0.717) is 29.3 Å². The van der Waals surface area contributed by atoms with Gasteiger partial charge in [-0.15, -0.1) is 0 Å². The maximum absolute atomic E-state index is 15.1. The molecular weight excluding hydrogens is 666 g/mol. The summed E-state index contributed by atoms with van der Waals surface area (Å²) < 4.78 is 13.4. The molecular formula is C36H48BrN3O7. The number of benzene rings is 1. The van der Waals surface area contributed by atoms with Gasteiger partial charge in [0.25, 0.3) is 0 Å². The summed E-state index contributed by atoms with van der Waals surface area (Å²) in [7, 11) is 0. The van der Waals surface area contributed by atoms with Crippen LogP contribution in [0.25, 0.3) is 0 Å². The van der Waals surface area contributed by atoms with Crippen LogP contribution in [0, 0.1) is 17.3 Å². The fraction of sp³-hybridized carbons (Fsp3) is 0.611. The topological polar surface area (TPSA) is 125 Å². The van der Waals surface area contributed by atoms with E-state index in [9.17, 15) is 19.5 Å². The van der Waals surface area contributed by atoms with E-state index in [-0.39, 0.29) is 43.3 Å². The van der Waals surface area contributed by atoms with E-state index >= 15 is 4.79 Å². The second-order valence-corrected chi connectivity index (χ2v) is 15.9. The van der Waals surface area contributed by atoms with E-state index in [4.69, 9.17) is 9.47 Å². The number of allylic oxidation sites excluding steroid dienone is 1. The van der Waals surface area contributed by atoms with Crippen LogP contribution in [0.3, 0.4) is 0 Å². The molecule has 5 rings (SSSR count). The number of aliphatic hydroxyl groups excluding tert-OH is 1. The molecule has 2 fully saturated rings. The van der Waals surface area contributed by atoms with Crippen molar-refractivity contribution in [2.75, 3.05) is 19.7 Å². The number of hydrogen-bond acceptors (Lipinski definition) is 7. The smallest absolute Gasteiger partial charge is 0.313 e. The quantitative estimate of drug-likeness (QED) is 0.330. The van der Waals surface area contributed by atoms with Crippen molar-refractivity contribution in [3.8, 4) is 0 Å². The number of nitrogens with one attached hydrogen (secondary N) is 1. The van der Waals surface area contributed by atoms with Gasteiger partial charge in [-0.3, -0.25) is 19.2 Å². The molecule has 10 nitrogen and oxygen atoms in total. The van der Waals surface area contributed by atoms with Crippen LogP contribution in [-0.2, 0) is 28.7 Å². The number of esters is 1. The van der Waals surface area contributed by atoms with Crippen LogP contribution in [0.1, 0.15) is 78.9 Å². The number of carbonyl (C=O) groups is 4. The Hall–Kier alpha value is -3.02. The van der Waals surface area contributed by atoms with Gasteiger partial charge in [0.15, 0.2) is 0 Å². The fourth-order valence-electron chi connectivity index (χ4n) is 8.11. The molecule has 47 heavy (non-hydrogen) atoms. The highest BCUT2D eigenvalue weighted by atomic mass is 79.9. The van der Waals surface area contributed by atoms with E-state index in [1.54, 1.807) is 11.0 Å². The summed E-state index contributed by atoms with van der Waals surface area (Å²) >= 11 is 3.61. The minimum atomic E-state index is -1.45. The molecule has 5 bridgehead atoms. The third-order valence-corrected chi connectivity index (χ3v) is 10.5. The van der Waals surface area contributed by atoms with Gasteiger partial charge in [-0.25, -0.2) is 0 Å². The van der Waals surface area contributed by atoms with Crippen LogP contribution < -0.4 is 5.32 Å². The summed E-state index contributed by atoms with van der Waals surface area (Å²) in [6, 6.07) is 7.37. The molecule has 4 aliphatic rings. The highest BCUT2D eigenvalue weighted by Crippen LogP contribution is 2.59. The van der Waals surface area contributed by atoms with Crippen molar-refractivity contribution in [3.05, 3.63) is 58.6 Å². The Kier molecular flexibility index (Phi) is 10.1. The van der Waals surface area contributed by atoms with Crippen molar-refractivity contribution in [2.45, 2.75) is 103 Å². The Morgan fingerprint density at radius 1 is 1.06 bits per heavy atom. The van der Waals surface area contributed by atoms with Crippen molar-refractivity contribution < 1.29 is 33.8 Å². The molecule has 1 aromatic carbocycles. The summed E-state index contributed by atoms with van der Waals surface area (Å²) in [6.07, 6.45) is 5.68. The molecule has 1 aromatic rings. The third-order valence-electron chi connectivity index (χ3n) is 9.81. The monoisotopic (exact) mass is 713 g/mol. The number of carbonyl (C=O) groups excluding carboxylic acids is 4. The molecule has 2 N–H and O–H groups in total. The van der Waals surface area contributed by atoms with Crippen LogP contribution in [0.2, 0.25) is 0 Å². The van der Waals surface area contributed by atoms with Gasteiger partial charge in [0.2, 0.25) is 17.7 Å². The number of halogens is 1. The van der Waals surface area contributed by atoms with Gasteiger partial charge >= 0.3 is 5.97 Å². The van der Waals surface area contributed by atoms with Crippen LogP contribution >= 0.6 is 15.9 Å². The van der Waals surface area contributed by atoms with Crippen LogP contribution in [0.15, 0.2) is 53.0 Å². The molecule has 1 spiro atoms. The zero-order valence-electron chi connectivity index (χ0n) is 28.2. The molecule has 11 heteroatoms. The van der Waals surface area contributed by atoms with Gasteiger partial charge in [-0.1, -0.05) is 86.1 Å². The van der Waals surface area contributed by atoms with Gasteiger partial charge < -0.3 is 29.7 Å². The average Bonchev–Trinajstić information content (AvgIpc) is 3.59. The zero-order chi connectivity index (χ0) is 34.3. The van der Waals surface area contributed by atoms with E-state index in [1.807, 2.05) is 63.3 Å². The Morgan fingerprint density at radius 3 is 2.40 bits per heavy atom. The molecule has 4 heterocycles. The molecule has 0 aromatic heterocycles. The van der Waals surface area contributed by atoms with E-state index < -0.39 is 59.1 Å². The molecule has 3 amide bonds. The molecule has 7 atom stereocenters. The fourth-order valence-corrected chi connectivity index (χ4v) is 8.85. The summed E-state index contributed by atoms with van der Waals surface area (Å²) in [5, 5.41) is 13.4. The van der Waals surface area contributed by atoms with Crippen molar-refractivity contribution in [1.29, 1.82) is 0 Å². The van der Waals surface area contributed by atoms with Gasteiger partial charge in [0.05, 0.1) is 25.1 Å². The predicted octanol–water partition coefficient (Wildman–Crippen LogP) is 4.42. The number of amides is 3. The number of aliphatic hydroxyl groups is 1. The Labute approximate surface area is 286 Å². The molecule has 4 aliphatic heterocycles. The highest BCUT2D eigenvalue weighted by Gasteiger charge is 2.75. The van der Waals surface area contributed by atoms with Crippen LogP contribution in [0.4, 0.5) is 0 Å². The number of rotatable bonds is 6. The number of ether oxygens (including phenoxy) is 2. The second-order valence-electron chi connectivity index (χ2n) is 15.0.